The van der Waals surface area contributed by atoms with E-state index in [1.54, 1.807) is 0 Å². The first kappa shape index (κ1) is 14.1. The molecule has 0 aromatic heterocycles. The number of carbonyl (C=O) groups is 1. The van der Waals surface area contributed by atoms with Crippen molar-refractivity contribution in [2.75, 3.05) is 44.7 Å². The molecule has 0 bridgehead atoms. The Labute approximate surface area is 126 Å². The highest BCUT2D eigenvalue weighted by Gasteiger charge is 2.18. The molecule has 0 unspecified atom stereocenters. The lowest BCUT2D eigenvalue weighted by Gasteiger charge is -2.35. The standard InChI is InChI=1S/C17H23N3O/c1-19-9-11-20(12-10-19)16-7-3-2-5-14(16)13-15-6-4-8-18-17(15)21/h2-3,5,7,13H,4,6,8-12H2,1H3,(H,18,21)/b15-13+. The van der Waals surface area contributed by atoms with Crippen molar-refractivity contribution in [2.45, 2.75) is 12.8 Å². The number of nitrogens with one attached hydrogen (secondary N) is 1. The smallest absolute Gasteiger partial charge is 0.247 e. The van der Waals surface area contributed by atoms with Crippen LogP contribution in [0, 0.1) is 0 Å². The second kappa shape index (κ2) is 6.31. The Bertz CT molecular complexity index is 545. The summed E-state index contributed by atoms with van der Waals surface area (Å²) in [6.45, 7) is 5.07. The molecule has 2 saturated heterocycles. The largest absolute Gasteiger partial charge is 0.368 e. The first-order chi connectivity index (χ1) is 10.2. The van der Waals surface area contributed by atoms with Crippen LogP contribution in [0.5, 0.6) is 0 Å². The summed E-state index contributed by atoms with van der Waals surface area (Å²) < 4.78 is 0. The number of likely N-dealkylation sites (N-methyl/N-ethyl adjacent to an activating group) is 1. The number of nitrogens with zero attached hydrogens (tertiary/aromatic N) is 2. The molecule has 0 atom stereocenters. The maximum absolute atomic E-state index is 11.9. The Morgan fingerprint density at radius 1 is 1.14 bits per heavy atom. The van der Waals surface area contributed by atoms with Crippen LogP contribution in [0.1, 0.15) is 18.4 Å². The number of piperidine rings is 1. The maximum Gasteiger partial charge on any atom is 0.247 e. The Hall–Kier alpha value is -1.81. The van der Waals surface area contributed by atoms with E-state index in [9.17, 15) is 4.79 Å². The van der Waals surface area contributed by atoms with Crippen LogP contribution < -0.4 is 10.2 Å². The first-order valence-corrected chi connectivity index (χ1v) is 7.75. The molecule has 4 heteroatoms. The van der Waals surface area contributed by atoms with E-state index >= 15 is 0 Å². The molecular weight excluding hydrogens is 262 g/mol. The topological polar surface area (TPSA) is 35.6 Å². The lowest BCUT2D eigenvalue weighted by Crippen LogP contribution is -2.44. The molecule has 2 heterocycles. The van der Waals surface area contributed by atoms with Crippen molar-refractivity contribution in [3.8, 4) is 0 Å². The normalized spacial score (nSPS) is 22.4. The van der Waals surface area contributed by atoms with Crippen molar-refractivity contribution in [3.63, 3.8) is 0 Å². The molecule has 0 radical (unpaired) electrons. The summed E-state index contributed by atoms with van der Waals surface area (Å²) in [5.74, 6) is 0.0921. The predicted molar refractivity (Wildman–Crippen MR) is 86.4 cm³/mol. The molecule has 1 aromatic rings. The number of para-hydroxylation sites is 1. The van der Waals surface area contributed by atoms with Gasteiger partial charge in [-0.3, -0.25) is 4.79 Å². The third-order valence-electron chi connectivity index (χ3n) is 4.31. The highest BCUT2D eigenvalue weighted by Crippen LogP contribution is 2.25. The van der Waals surface area contributed by atoms with Gasteiger partial charge in [0.25, 0.3) is 0 Å². The molecule has 1 N–H and O–H groups in total. The zero-order chi connectivity index (χ0) is 14.7. The van der Waals surface area contributed by atoms with Gasteiger partial charge in [-0.2, -0.15) is 0 Å². The van der Waals surface area contributed by atoms with Gasteiger partial charge in [0, 0.05) is 44.0 Å². The summed E-state index contributed by atoms with van der Waals surface area (Å²) in [6.07, 6.45) is 3.99. The highest BCUT2D eigenvalue weighted by atomic mass is 16.1. The van der Waals surface area contributed by atoms with Gasteiger partial charge in [-0.25, -0.2) is 0 Å². The number of amides is 1. The molecule has 3 rings (SSSR count). The van der Waals surface area contributed by atoms with E-state index in [1.165, 1.54) is 5.69 Å². The van der Waals surface area contributed by atoms with Crippen LogP contribution in [-0.2, 0) is 4.79 Å². The van der Waals surface area contributed by atoms with Crippen molar-refractivity contribution < 1.29 is 4.79 Å². The molecule has 1 amide bonds. The van der Waals surface area contributed by atoms with Gasteiger partial charge in [-0.15, -0.1) is 0 Å². The number of hydrogen-bond donors (Lipinski definition) is 1. The lowest BCUT2D eigenvalue weighted by atomic mass is 10.0. The van der Waals surface area contributed by atoms with Crippen molar-refractivity contribution in [1.82, 2.24) is 10.2 Å². The third-order valence-corrected chi connectivity index (χ3v) is 4.31. The molecule has 112 valence electrons. The van der Waals surface area contributed by atoms with Gasteiger partial charge in [-0.05, 0) is 37.6 Å². The SMILES string of the molecule is CN1CCN(c2ccccc2/C=C2\CCCNC2=O)CC1. The van der Waals surface area contributed by atoms with E-state index in [0.29, 0.717) is 0 Å². The number of piperazine rings is 1. The molecule has 2 fully saturated rings. The third kappa shape index (κ3) is 3.27. The molecule has 2 aliphatic heterocycles. The van der Waals surface area contributed by atoms with Crippen molar-refractivity contribution >= 4 is 17.7 Å². The summed E-state index contributed by atoms with van der Waals surface area (Å²) in [7, 11) is 2.16. The van der Waals surface area contributed by atoms with Gasteiger partial charge in [0.2, 0.25) is 5.91 Å². The maximum atomic E-state index is 11.9. The molecule has 21 heavy (non-hydrogen) atoms. The monoisotopic (exact) mass is 285 g/mol. The average molecular weight is 285 g/mol. The van der Waals surface area contributed by atoms with Crippen molar-refractivity contribution in [2.24, 2.45) is 0 Å². The zero-order valence-electron chi connectivity index (χ0n) is 12.6. The van der Waals surface area contributed by atoms with E-state index in [0.717, 1.165) is 56.7 Å². The molecule has 0 aliphatic carbocycles. The van der Waals surface area contributed by atoms with Crippen molar-refractivity contribution in [3.05, 3.63) is 35.4 Å². The summed E-state index contributed by atoms with van der Waals surface area (Å²) in [6, 6.07) is 8.41. The zero-order valence-corrected chi connectivity index (χ0v) is 12.6. The van der Waals surface area contributed by atoms with E-state index in [-0.39, 0.29) is 5.91 Å². The molecular formula is C17H23N3O. The first-order valence-electron chi connectivity index (χ1n) is 7.75. The average Bonchev–Trinajstić information content (AvgIpc) is 2.51. The van der Waals surface area contributed by atoms with Crippen LogP contribution in [0.4, 0.5) is 5.69 Å². The minimum absolute atomic E-state index is 0.0921. The summed E-state index contributed by atoms with van der Waals surface area (Å²) in [5.41, 5.74) is 3.31. The Kier molecular flexibility index (Phi) is 4.25. The minimum atomic E-state index is 0.0921. The molecule has 0 saturated carbocycles. The number of benzene rings is 1. The highest BCUT2D eigenvalue weighted by molar-refractivity contribution is 5.99. The van der Waals surface area contributed by atoms with Crippen LogP contribution in [0.15, 0.2) is 29.8 Å². The fraction of sp³-hybridized carbons (Fsp3) is 0.471. The van der Waals surface area contributed by atoms with Gasteiger partial charge < -0.3 is 15.1 Å². The van der Waals surface area contributed by atoms with E-state index < -0.39 is 0 Å². The second-order valence-electron chi connectivity index (χ2n) is 5.88. The summed E-state index contributed by atoms with van der Waals surface area (Å²) in [4.78, 5) is 16.7. The Balaban J connectivity index is 1.85. The molecule has 1 aromatic carbocycles. The number of anilines is 1. The lowest BCUT2D eigenvalue weighted by molar-refractivity contribution is -0.118. The van der Waals surface area contributed by atoms with Crippen molar-refractivity contribution in [1.29, 1.82) is 0 Å². The second-order valence-corrected chi connectivity index (χ2v) is 5.88. The Morgan fingerprint density at radius 2 is 1.90 bits per heavy atom. The predicted octanol–water partition coefficient (Wildman–Crippen LogP) is 1.73. The van der Waals surface area contributed by atoms with Crippen LogP contribution in [0.3, 0.4) is 0 Å². The summed E-state index contributed by atoms with van der Waals surface area (Å²) >= 11 is 0. The van der Waals surface area contributed by atoms with Gasteiger partial charge in [0.05, 0.1) is 0 Å². The fourth-order valence-electron chi connectivity index (χ4n) is 2.98. The Morgan fingerprint density at radius 3 is 2.67 bits per heavy atom. The van der Waals surface area contributed by atoms with Gasteiger partial charge >= 0.3 is 0 Å². The van der Waals surface area contributed by atoms with E-state index in [4.69, 9.17) is 0 Å². The summed E-state index contributed by atoms with van der Waals surface area (Å²) in [5, 5.41) is 2.93. The van der Waals surface area contributed by atoms with Crippen LogP contribution in [-0.4, -0.2) is 50.6 Å². The fourth-order valence-corrected chi connectivity index (χ4v) is 2.98. The van der Waals surface area contributed by atoms with E-state index in [2.05, 4.69) is 46.4 Å². The number of hydrogen-bond acceptors (Lipinski definition) is 3. The van der Waals surface area contributed by atoms with E-state index in [1.807, 2.05) is 6.07 Å². The van der Waals surface area contributed by atoms with Crippen LogP contribution >= 0.6 is 0 Å². The minimum Gasteiger partial charge on any atom is -0.368 e. The quantitative estimate of drug-likeness (QED) is 0.841. The van der Waals surface area contributed by atoms with Gasteiger partial charge in [-0.1, -0.05) is 18.2 Å². The number of carbonyl (C=O) groups excluding carboxylic acids is 1. The molecule has 2 aliphatic rings. The number of rotatable bonds is 2. The van der Waals surface area contributed by atoms with Gasteiger partial charge in [0.1, 0.15) is 0 Å². The molecule has 4 nitrogen and oxygen atoms in total. The van der Waals surface area contributed by atoms with Crippen LogP contribution in [0.25, 0.3) is 6.08 Å². The molecule has 0 spiro atoms. The van der Waals surface area contributed by atoms with Crippen LogP contribution in [0.2, 0.25) is 0 Å². The van der Waals surface area contributed by atoms with Gasteiger partial charge in [0.15, 0.2) is 0 Å².